The molecule has 9 nitrogen and oxygen atoms in total. The molecule has 0 atom stereocenters. The summed E-state index contributed by atoms with van der Waals surface area (Å²) in [6.45, 7) is 1.04. The van der Waals surface area contributed by atoms with E-state index in [4.69, 9.17) is 0 Å². The van der Waals surface area contributed by atoms with Gasteiger partial charge in [-0.1, -0.05) is 6.07 Å². The smallest absolute Gasteiger partial charge is 0.329 e. The van der Waals surface area contributed by atoms with Gasteiger partial charge >= 0.3 is 5.97 Å². The number of carbonyl (C=O) groups is 2. The van der Waals surface area contributed by atoms with E-state index in [1.165, 1.54) is 6.07 Å². The molecular weight excluding hydrogens is 292 g/mol. The lowest BCUT2D eigenvalue weighted by Gasteiger charge is -2.05. The van der Waals surface area contributed by atoms with Gasteiger partial charge in [0, 0.05) is 13.0 Å². The fraction of sp³-hybridized carbons (Fsp3) is 0.200. The Kier molecular flexibility index (Phi) is 5.15. The number of benzene rings is 1. The molecule has 0 unspecified atom stereocenters. The molecule has 0 aromatic heterocycles. The van der Waals surface area contributed by atoms with Crippen LogP contribution in [0.5, 0.6) is 0 Å². The lowest BCUT2D eigenvalue weighted by Crippen LogP contribution is -2.26. The molecule has 0 radical (unpaired) electrons. The van der Waals surface area contributed by atoms with Crippen LogP contribution in [0.25, 0.3) is 0 Å². The first-order valence-corrected chi connectivity index (χ1v) is 6.54. The second kappa shape index (κ2) is 6.61. The topological polar surface area (TPSA) is 133 Å². The summed E-state index contributed by atoms with van der Waals surface area (Å²) in [6.07, 6.45) is 0. The van der Waals surface area contributed by atoms with Crippen LogP contribution in [-0.4, -0.2) is 25.2 Å². The van der Waals surface area contributed by atoms with Crippen LogP contribution >= 0.6 is 0 Å². The Bertz CT molecular complexity index is 630. The van der Waals surface area contributed by atoms with E-state index in [2.05, 4.69) is 4.84 Å². The zero-order valence-electron chi connectivity index (χ0n) is 10.2. The molecule has 10 heteroatoms. The monoisotopic (exact) mass is 302 g/mol. The highest BCUT2D eigenvalue weighted by molar-refractivity contribution is 7.71. The highest BCUT2D eigenvalue weighted by Gasteiger charge is 2.21. The van der Waals surface area contributed by atoms with Crippen molar-refractivity contribution in [2.75, 3.05) is 0 Å². The molecule has 0 saturated carbocycles. The van der Waals surface area contributed by atoms with E-state index >= 15 is 0 Å². The number of hydroxylamine groups is 1. The van der Waals surface area contributed by atoms with Crippen molar-refractivity contribution < 1.29 is 27.8 Å². The van der Waals surface area contributed by atoms with Crippen molar-refractivity contribution in [1.29, 1.82) is 0 Å². The molecule has 0 aliphatic rings. The van der Waals surface area contributed by atoms with Crippen LogP contribution in [0.15, 0.2) is 18.2 Å². The van der Waals surface area contributed by atoms with E-state index in [0.29, 0.717) is 0 Å². The van der Waals surface area contributed by atoms with Crippen LogP contribution < -0.4 is 5.48 Å². The number of nitrogens with zero attached hydrogens (tertiary/aromatic N) is 1. The number of thiol groups is 1. The average Bonchev–Trinajstić information content (AvgIpc) is 2.35. The third-order valence-electron chi connectivity index (χ3n) is 2.10. The highest BCUT2D eigenvalue weighted by atomic mass is 32.2. The van der Waals surface area contributed by atoms with E-state index in [-0.39, 0.29) is 16.9 Å². The minimum absolute atomic E-state index is 0.178. The summed E-state index contributed by atoms with van der Waals surface area (Å²) in [5.74, 6) is -2.15. The number of nitrogens with one attached hydrogen (secondary N) is 1. The summed E-state index contributed by atoms with van der Waals surface area (Å²) < 4.78 is 21.2. The van der Waals surface area contributed by atoms with Crippen LogP contribution in [0.3, 0.4) is 0 Å². The van der Waals surface area contributed by atoms with Gasteiger partial charge in [-0.05, 0) is 11.6 Å². The van der Waals surface area contributed by atoms with Crippen LogP contribution in [0, 0.1) is 10.1 Å². The number of amides is 1. The van der Waals surface area contributed by atoms with Gasteiger partial charge in [0.1, 0.15) is 16.3 Å². The minimum Gasteiger partial charge on any atom is -0.341 e. The lowest BCUT2D eigenvalue weighted by atomic mass is 10.1. The zero-order chi connectivity index (χ0) is 15.3. The molecule has 0 bridgehead atoms. The van der Waals surface area contributed by atoms with Crippen LogP contribution in [0.1, 0.15) is 22.8 Å². The summed E-state index contributed by atoms with van der Waals surface area (Å²) in [5, 5.41) is 10.9. The van der Waals surface area contributed by atoms with Crippen LogP contribution in [0.4, 0.5) is 5.69 Å². The maximum atomic E-state index is 11.6. The lowest BCUT2D eigenvalue weighted by molar-refractivity contribution is -0.385. The number of hydrogen-bond acceptors (Lipinski definition) is 7. The molecule has 1 aromatic rings. The summed E-state index contributed by atoms with van der Waals surface area (Å²) in [5.41, 5.74) is 0.993. The Morgan fingerprint density at radius 1 is 1.40 bits per heavy atom. The van der Waals surface area contributed by atoms with Crippen molar-refractivity contribution in [3.63, 3.8) is 0 Å². The number of nitro benzene ring substituents is 1. The van der Waals surface area contributed by atoms with E-state index < -0.39 is 33.2 Å². The fourth-order valence-electron chi connectivity index (χ4n) is 1.34. The molecule has 1 N–H and O–H groups in total. The van der Waals surface area contributed by atoms with Crippen molar-refractivity contribution in [2.24, 2.45) is 0 Å². The predicted octanol–water partition coefficient (Wildman–Crippen LogP) is -0.0859. The second-order valence-electron chi connectivity index (χ2n) is 3.62. The van der Waals surface area contributed by atoms with Crippen LogP contribution in [0.2, 0.25) is 0 Å². The molecule has 108 valence electrons. The Hall–Kier alpha value is -2.49. The van der Waals surface area contributed by atoms with Crippen LogP contribution in [-0.2, 0) is 26.1 Å². The minimum atomic E-state index is -2.74. The first kappa shape index (κ1) is 15.6. The van der Waals surface area contributed by atoms with Gasteiger partial charge in [-0.3, -0.25) is 19.7 Å². The van der Waals surface area contributed by atoms with Crippen molar-refractivity contribution >= 4 is 28.3 Å². The predicted molar refractivity (Wildman–Crippen MR) is 66.3 cm³/mol. The summed E-state index contributed by atoms with van der Waals surface area (Å²) >= 11 is 0. The number of nitro groups is 1. The number of hydrogen-bond donors (Lipinski definition) is 2. The molecule has 0 aliphatic heterocycles. The molecule has 0 spiro atoms. The summed E-state index contributed by atoms with van der Waals surface area (Å²) in [6, 6.07) is 3.33. The van der Waals surface area contributed by atoms with Gasteiger partial charge in [-0.2, -0.15) is 5.48 Å². The maximum absolute atomic E-state index is 11.6. The summed E-state index contributed by atoms with van der Waals surface area (Å²) in [4.78, 5) is 36.4. The standard InChI is InChI=1S/C10H10N2O7S/c1-6(13)19-11-10(14)8-3-2-7(5-20(17)18)4-9(8)12(15)16/h2-4,20H,5H2,1H3,(H,11,14). The van der Waals surface area contributed by atoms with Gasteiger partial charge in [0.25, 0.3) is 11.6 Å². The second-order valence-corrected chi connectivity index (χ2v) is 4.61. The Morgan fingerprint density at radius 3 is 2.55 bits per heavy atom. The van der Waals surface area contributed by atoms with Crippen molar-refractivity contribution in [3.8, 4) is 0 Å². The van der Waals surface area contributed by atoms with Crippen molar-refractivity contribution in [2.45, 2.75) is 12.7 Å². The average molecular weight is 302 g/mol. The van der Waals surface area contributed by atoms with E-state index in [9.17, 15) is 28.1 Å². The molecule has 20 heavy (non-hydrogen) atoms. The number of rotatable bonds is 4. The van der Waals surface area contributed by atoms with E-state index in [1.807, 2.05) is 0 Å². The van der Waals surface area contributed by atoms with E-state index in [1.54, 1.807) is 5.48 Å². The third-order valence-corrected chi connectivity index (χ3v) is 2.73. The van der Waals surface area contributed by atoms with Gasteiger partial charge in [-0.15, -0.1) is 0 Å². The Labute approximate surface area is 114 Å². The third kappa shape index (κ3) is 4.31. The van der Waals surface area contributed by atoms with Gasteiger partial charge < -0.3 is 4.84 Å². The molecule has 0 fully saturated rings. The normalized spacial score (nSPS) is 10.1. The molecule has 1 aromatic carbocycles. The van der Waals surface area contributed by atoms with Gasteiger partial charge in [0.2, 0.25) is 0 Å². The number of carbonyl (C=O) groups excluding carboxylic acids is 2. The Morgan fingerprint density at radius 2 is 2.05 bits per heavy atom. The first-order valence-electron chi connectivity index (χ1n) is 5.18. The molecule has 0 heterocycles. The van der Waals surface area contributed by atoms with Crippen molar-refractivity contribution in [1.82, 2.24) is 5.48 Å². The van der Waals surface area contributed by atoms with Gasteiger partial charge in [0.05, 0.1) is 10.7 Å². The summed E-state index contributed by atoms with van der Waals surface area (Å²) in [7, 11) is -2.74. The maximum Gasteiger partial charge on any atom is 0.329 e. The molecule has 0 saturated heterocycles. The quantitative estimate of drug-likeness (QED) is 0.451. The molecule has 1 rings (SSSR count). The molecular formula is C10H10N2O7S. The first-order chi connectivity index (χ1) is 9.31. The van der Waals surface area contributed by atoms with Gasteiger partial charge in [0.15, 0.2) is 0 Å². The SMILES string of the molecule is CC(=O)ONC(=O)c1ccc(C[SH](=O)=O)cc1[N+](=O)[O-]. The largest absolute Gasteiger partial charge is 0.341 e. The van der Waals surface area contributed by atoms with Crippen molar-refractivity contribution in [3.05, 3.63) is 39.4 Å². The zero-order valence-corrected chi connectivity index (χ0v) is 11.1. The molecule has 1 amide bonds. The fourth-order valence-corrected chi connectivity index (χ4v) is 1.84. The Balaban J connectivity index is 3.09. The van der Waals surface area contributed by atoms with Gasteiger partial charge in [-0.25, -0.2) is 8.42 Å². The van der Waals surface area contributed by atoms with E-state index in [0.717, 1.165) is 19.1 Å². The molecule has 0 aliphatic carbocycles. The highest BCUT2D eigenvalue weighted by Crippen LogP contribution is 2.20.